The molecule has 0 aliphatic heterocycles. The molecular weight excluding hydrogens is 181 g/mol. The third-order valence-electron chi connectivity index (χ3n) is 1.99. The molecule has 15 heavy (non-hydrogen) atoms. The summed E-state index contributed by atoms with van der Waals surface area (Å²) < 4.78 is 5.17. The average Bonchev–Trinajstić information content (AvgIpc) is 2.18. The molecule has 1 atom stereocenters. The molecule has 0 spiro atoms. The Labute approximate surface area is 105 Å². The van der Waals surface area contributed by atoms with Crippen molar-refractivity contribution >= 4 is 0 Å². The van der Waals surface area contributed by atoms with Gasteiger partial charge in [-0.25, -0.2) is 0 Å². The zero-order valence-corrected chi connectivity index (χ0v) is 10.1. The number of rotatable bonds is 5. The fraction of sp³-hybridized carbons (Fsp3) is 0.500. The number of hydrogen-bond acceptors (Lipinski definition) is 1. The van der Waals surface area contributed by atoms with Crippen molar-refractivity contribution in [2.24, 2.45) is 0 Å². The van der Waals surface area contributed by atoms with Crippen LogP contribution in [0.5, 0.6) is 0 Å². The predicted molar refractivity (Wildman–Crippen MR) is 59.6 cm³/mol. The van der Waals surface area contributed by atoms with Crippen molar-refractivity contribution in [3.05, 3.63) is 41.2 Å². The molecule has 0 aliphatic rings. The summed E-state index contributed by atoms with van der Waals surface area (Å²) in [6, 6.07) is 10.8. The Hall–Kier alpha value is -0.263. The normalized spacial score (nSPS) is 12.3. The smallest absolute Gasteiger partial charge is 0.652 e. The summed E-state index contributed by atoms with van der Waals surface area (Å²) in [6.45, 7) is 4.83. The van der Waals surface area contributed by atoms with Crippen LogP contribution in [0.1, 0.15) is 25.5 Å². The summed E-state index contributed by atoms with van der Waals surface area (Å²) in [6.07, 6.45) is 0. The summed E-state index contributed by atoms with van der Waals surface area (Å²) >= 11 is 0. The van der Waals surface area contributed by atoms with Gasteiger partial charge in [0, 0.05) is 13.7 Å². The fourth-order valence-corrected chi connectivity index (χ4v) is 1.42. The Kier molecular flexibility index (Phi) is 7.82. The number of ether oxygens (including phenoxy) is 1. The number of nitrogens with zero attached hydrogens (tertiary/aromatic N) is 1. The van der Waals surface area contributed by atoms with Crippen LogP contribution in [0.15, 0.2) is 30.3 Å². The summed E-state index contributed by atoms with van der Waals surface area (Å²) in [5.41, 5.74) is 1.23. The number of benzene rings is 1. The van der Waals surface area contributed by atoms with Crippen LogP contribution >= 0.6 is 0 Å². The predicted octanol–water partition coefficient (Wildman–Crippen LogP) is 0.160. The largest absolute Gasteiger partial charge is 1.00 e. The molecule has 0 unspecified atom stereocenters. The summed E-state index contributed by atoms with van der Waals surface area (Å²) in [4.78, 5) is 0. The molecule has 0 saturated carbocycles. The average molecular weight is 199 g/mol. The molecule has 0 aliphatic carbocycles. The van der Waals surface area contributed by atoms with E-state index in [4.69, 9.17) is 4.74 Å². The Bertz CT molecular complexity index is 251. The van der Waals surface area contributed by atoms with E-state index in [0.29, 0.717) is 12.6 Å². The van der Waals surface area contributed by atoms with Crippen LogP contribution < -0.4 is 18.9 Å². The summed E-state index contributed by atoms with van der Waals surface area (Å²) in [5.74, 6) is 0. The first kappa shape index (κ1) is 14.7. The first-order chi connectivity index (χ1) is 6.74. The van der Waals surface area contributed by atoms with E-state index in [1.54, 1.807) is 7.11 Å². The minimum absolute atomic E-state index is 0. The van der Waals surface area contributed by atoms with Crippen molar-refractivity contribution in [1.29, 1.82) is 0 Å². The molecule has 1 aromatic rings. The molecule has 78 valence electrons. The Balaban J connectivity index is 0.00000196. The van der Waals surface area contributed by atoms with Gasteiger partial charge >= 0.3 is 18.9 Å². The maximum atomic E-state index is 5.17. The van der Waals surface area contributed by atoms with Gasteiger partial charge in [-0.3, -0.25) is 0 Å². The molecule has 2 nitrogen and oxygen atoms in total. The third-order valence-corrected chi connectivity index (χ3v) is 1.99. The van der Waals surface area contributed by atoms with Gasteiger partial charge in [-0.05, 0) is 0 Å². The van der Waals surface area contributed by atoms with Crippen molar-refractivity contribution in [3.63, 3.8) is 0 Å². The van der Waals surface area contributed by atoms with Crippen molar-refractivity contribution in [2.75, 3.05) is 13.7 Å². The standard InChI is InChI=1S/C12H18NO.Li/c1-10(2)13-12(9-14-3)11-7-5-4-6-8-11;/h4-8,10,12H,9H2,1-3H3;/q-1;+1/t12-;/m0./s1. The monoisotopic (exact) mass is 199 g/mol. The van der Waals surface area contributed by atoms with Gasteiger partial charge in [-0.15, -0.1) is 6.04 Å². The second-order valence-electron chi connectivity index (χ2n) is 3.62. The van der Waals surface area contributed by atoms with Crippen LogP contribution in [-0.2, 0) is 4.74 Å². The molecular formula is C12H18LiNO. The molecule has 0 radical (unpaired) electrons. The van der Waals surface area contributed by atoms with Crippen LogP contribution in [0.25, 0.3) is 5.32 Å². The van der Waals surface area contributed by atoms with E-state index in [0.717, 1.165) is 0 Å². The van der Waals surface area contributed by atoms with E-state index in [2.05, 4.69) is 31.3 Å². The van der Waals surface area contributed by atoms with Gasteiger partial charge in [0.05, 0.1) is 0 Å². The minimum Gasteiger partial charge on any atom is -0.652 e. The maximum Gasteiger partial charge on any atom is 1.00 e. The van der Waals surface area contributed by atoms with E-state index < -0.39 is 0 Å². The Morgan fingerprint density at radius 2 is 1.80 bits per heavy atom. The third kappa shape index (κ3) is 5.39. The Morgan fingerprint density at radius 3 is 2.27 bits per heavy atom. The van der Waals surface area contributed by atoms with Gasteiger partial charge < -0.3 is 10.1 Å². The molecule has 0 fully saturated rings. The van der Waals surface area contributed by atoms with E-state index in [1.165, 1.54) is 5.56 Å². The van der Waals surface area contributed by atoms with Crippen LogP contribution in [0.3, 0.4) is 0 Å². The van der Waals surface area contributed by atoms with E-state index in [-0.39, 0.29) is 24.9 Å². The van der Waals surface area contributed by atoms with Gasteiger partial charge in [0.15, 0.2) is 0 Å². The van der Waals surface area contributed by atoms with Crippen molar-refractivity contribution in [3.8, 4) is 0 Å². The van der Waals surface area contributed by atoms with Crippen LogP contribution in [0.2, 0.25) is 0 Å². The van der Waals surface area contributed by atoms with Crippen molar-refractivity contribution in [1.82, 2.24) is 0 Å². The van der Waals surface area contributed by atoms with Gasteiger partial charge in [0.1, 0.15) is 0 Å². The molecule has 0 heterocycles. The fourth-order valence-electron chi connectivity index (χ4n) is 1.42. The molecule has 0 N–H and O–H groups in total. The van der Waals surface area contributed by atoms with Crippen molar-refractivity contribution < 1.29 is 23.6 Å². The van der Waals surface area contributed by atoms with Crippen LogP contribution in [0.4, 0.5) is 0 Å². The minimum atomic E-state index is 0. The van der Waals surface area contributed by atoms with Crippen LogP contribution in [0, 0.1) is 0 Å². The topological polar surface area (TPSA) is 23.3 Å². The van der Waals surface area contributed by atoms with Crippen molar-refractivity contribution in [2.45, 2.75) is 25.9 Å². The molecule has 0 amide bonds. The zero-order valence-electron chi connectivity index (χ0n) is 10.1. The molecule has 0 saturated heterocycles. The number of hydrogen-bond donors (Lipinski definition) is 0. The van der Waals surface area contributed by atoms with Crippen LogP contribution in [-0.4, -0.2) is 19.8 Å². The zero-order chi connectivity index (χ0) is 10.4. The second-order valence-corrected chi connectivity index (χ2v) is 3.62. The first-order valence-corrected chi connectivity index (χ1v) is 4.98. The van der Waals surface area contributed by atoms with Gasteiger partial charge in [0.2, 0.25) is 0 Å². The molecule has 0 bridgehead atoms. The Morgan fingerprint density at radius 1 is 1.20 bits per heavy atom. The number of methoxy groups -OCH3 is 1. The molecule has 3 heteroatoms. The van der Waals surface area contributed by atoms with E-state index in [1.807, 2.05) is 18.2 Å². The second kappa shape index (κ2) is 7.96. The SMILES string of the molecule is COC[C@H]([N-]C(C)C)c1ccccc1.[Li+]. The molecule has 1 aromatic carbocycles. The molecule has 1 rings (SSSR count). The summed E-state index contributed by atoms with van der Waals surface area (Å²) in [5, 5.41) is 4.61. The van der Waals surface area contributed by atoms with E-state index >= 15 is 0 Å². The maximum absolute atomic E-state index is 5.17. The molecule has 0 aromatic heterocycles. The van der Waals surface area contributed by atoms with Gasteiger partial charge in [-0.2, -0.15) is 0 Å². The van der Waals surface area contributed by atoms with Gasteiger partial charge in [0.25, 0.3) is 0 Å². The summed E-state index contributed by atoms with van der Waals surface area (Å²) in [7, 11) is 1.71. The van der Waals surface area contributed by atoms with Gasteiger partial charge in [-0.1, -0.05) is 55.8 Å². The quantitative estimate of drug-likeness (QED) is 0.620. The first-order valence-electron chi connectivity index (χ1n) is 4.98. The van der Waals surface area contributed by atoms with E-state index in [9.17, 15) is 0 Å².